The summed E-state index contributed by atoms with van der Waals surface area (Å²) in [6.07, 6.45) is 0.908. The van der Waals surface area contributed by atoms with Crippen LogP contribution in [0.25, 0.3) is 0 Å². The van der Waals surface area contributed by atoms with E-state index in [9.17, 15) is 0 Å². The van der Waals surface area contributed by atoms with Crippen molar-refractivity contribution in [2.75, 3.05) is 13.2 Å². The van der Waals surface area contributed by atoms with Crippen LogP contribution in [-0.2, 0) is 0 Å². The fraction of sp³-hybridized carbons (Fsp3) is 0.538. The second-order valence-corrected chi connectivity index (χ2v) is 4.16. The Labute approximate surface area is 92.4 Å². The molecule has 2 N–H and O–H groups in total. The summed E-state index contributed by atoms with van der Waals surface area (Å²) in [7, 11) is 0. The summed E-state index contributed by atoms with van der Waals surface area (Å²) in [4.78, 5) is 0. The number of rotatable bonds is 5. The summed E-state index contributed by atoms with van der Waals surface area (Å²) in [5, 5.41) is 0. The lowest BCUT2D eigenvalue weighted by molar-refractivity contribution is 0.313. The lowest BCUT2D eigenvalue weighted by Gasteiger charge is -2.12. The van der Waals surface area contributed by atoms with Crippen LogP contribution in [0.2, 0.25) is 0 Å². The molecule has 1 rings (SSSR count). The molecular formula is C13H21NO. The average Bonchev–Trinajstić information content (AvgIpc) is 2.17. The minimum absolute atomic E-state index is 0.572. The zero-order valence-corrected chi connectivity index (χ0v) is 9.92. The number of hydrogen-bond acceptors (Lipinski definition) is 2. The maximum atomic E-state index is 5.58. The second kappa shape index (κ2) is 5.76. The van der Waals surface area contributed by atoms with Gasteiger partial charge in [-0.25, -0.2) is 0 Å². The Kier molecular flexibility index (Phi) is 4.63. The third-order valence-electron chi connectivity index (χ3n) is 2.48. The topological polar surface area (TPSA) is 35.2 Å². The molecule has 84 valence electrons. The van der Waals surface area contributed by atoms with E-state index < -0.39 is 0 Å². The summed E-state index contributed by atoms with van der Waals surface area (Å²) >= 11 is 0. The van der Waals surface area contributed by atoms with Gasteiger partial charge in [0.1, 0.15) is 5.75 Å². The van der Waals surface area contributed by atoms with Crippen molar-refractivity contribution in [1.29, 1.82) is 0 Å². The summed E-state index contributed by atoms with van der Waals surface area (Å²) < 4.78 is 5.58. The molecule has 0 fully saturated rings. The Balaban J connectivity index is 2.65. The van der Waals surface area contributed by atoms with Gasteiger partial charge < -0.3 is 10.5 Å². The number of benzene rings is 1. The number of aryl methyl sites for hydroxylation is 1. The molecule has 0 aliphatic carbocycles. The van der Waals surface area contributed by atoms with Gasteiger partial charge in [0.25, 0.3) is 0 Å². The Morgan fingerprint density at radius 2 is 2.07 bits per heavy atom. The van der Waals surface area contributed by atoms with Gasteiger partial charge in [-0.05, 0) is 49.1 Å². The molecule has 1 aromatic rings. The molecule has 2 nitrogen and oxygen atoms in total. The Morgan fingerprint density at radius 1 is 1.33 bits per heavy atom. The maximum absolute atomic E-state index is 5.58. The third kappa shape index (κ3) is 3.56. The van der Waals surface area contributed by atoms with Crippen LogP contribution in [0.15, 0.2) is 18.2 Å². The van der Waals surface area contributed by atoms with Crippen molar-refractivity contribution < 1.29 is 4.74 Å². The standard InChI is InChI=1S/C13H21NO/c1-10(2)13-6-5-12(9-11(13)3)15-8-4-7-14/h5-6,9-10H,4,7-8,14H2,1-3H3. The van der Waals surface area contributed by atoms with Gasteiger partial charge in [0.2, 0.25) is 0 Å². The fourth-order valence-corrected chi connectivity index (χ4v) is 1.66. The lowest BCUT2D eigenvalue weighted by atomic mass is 9.98. The minimum Gasteiger partial charge on any atom is -0.494 e. The van der Waals surface area contributed by atoms with E-state index in [1.165, 1.54) is 11.1 Å². The Hall–Kier alpha value is -1.02. The van der Waals surface area contributed by atoms with Crippen LogP contribution in [0, 0.1) is 6.92 Å². The summed E-state index contributed by atoms with van der Waals surface area (Å²) in [6, 6.07) is 6.29. The predicted octanol–water partition coefficient (Wildman–Crippen LogP) is 2.85. The Bertz CT molecular complexity index is 307. The van der Waals surface area contributed by atoms with E-state index in [-0.39, 0.29) is 0 Å². The highest BCUT2D eigenvalue weighted by Gasteiger charge is 2.04. The van der Waals surface area contributed by atoms with Crippen LogP contribution < -0.4 is 10.5 Å². The summed E-state index contributed by atoms with van der Waals surface area (Å²) in [6.45, 7) is 7.93. The van der Waals surface area contributed by atoms with Gasteiger partial charge in [0, 0.05) is 0 Å². The van der Waals surface area contributed by atoms with E-state index in [2.05, 4.69) is 32.9 Å². The molecule has 0 unspecified atom stereocenters. The smallest absolute Gasteiger partial charge is 0.119 e. The second-order valence-electron chi connectivity index (χ2n) is 4.16. The number of ether oxygens (including phenoxy) is 1. The highest BCUT2D eigenvalue weighted by atomic mass is 16.5. The lowest BCUT2D eigenvalue weighted by Crippen LogP contribution is -2.06. The first-order valence-corrected chi connectivity index (χ1v) is 5.58. The highest BCUT2D eigenvalue weighted by molar-refractivity contribution is 5.36. The zero-order chi connectivity index (χ0) is 11.3. The molecule has 0 saturated carbocycles. The third-order valence-corrected chi connectivity index (χ3v) is 2.48. The van der Waals surface area contributed by atoms with E-state index >= 15 is 0 Å². The molecule has 0 spiro atoms. The van der Waals surface area contributed by atoms with Gasteiger partial charge >= 0.3 is 0 Å². The largest absolute Gasteiger partial charge is 0.494 e. The van der Waals surface area contributed by atoms with Crippen LogP contribution >= 0.6 is 0 Å². The van der Waals surface area contributed by atoms with Gasteiger partial charge in [-0.1, -0.05) is 19.9 Å². The quantitative estimate of drug-likeness (QED) is 0.753. The van der Waals surface area contributed by atoms with E-state index in [1.807, 2.05) is 6.07 Å². The molecule has 0 saturated heterocycles. The fourth-order valence-electron chi connectivity index (χ4n) is 1.66. The first-order chi connectivity index (χ1) is 7.15. The minimum atomic E-state index is 0.572. The molecule has 15 heavy (non-hydrogen) atoms. The summed E-state index contributed by atoms with van der Waals surface area (Å²) in [5.41, 5.74) is 8.10. The van der Waals surface area contributed by atoms with E-state index in [0.717, 1.165) is 12.2 Å². The van der Waals surface area contributed by atoms with Gasteiger partial charge in [-0.2, -0.15) is 0 Å². The molecule has 0 bridgehead atoms. The number of nitrogens with two attached hydrogens (primary N) is 1. The molecule has 0 aliphatic heterocycles. The van der Waals surface area contributed by atoms with Crippen LogP contribution in [0.3, 0.4) is 0 Å². The zero-order valence-electron chi connectivity index (χ0n) is 9.92. The van der Waals surface area contributed by atoms with Gasteiger partial charge in [-0.3, -0.25) is 0 Å². The molecule has 0 atom stereocenters. The maximum Gasteiger partial charge on any atom is 0.119 e. The van der Waals surface area contributed by atoms with Crippen molar-refractivity contribution in [2.24, 2.45) is 5.73 Å². The molecule has 0 heterocycles. The monoisotopic (exact) mass is 207 g/mol. The first-order valence-electron chi connectivity index (χ1n) is 5.58. The van der Waals surface area contributed by atoms with Crippen LogP contribution in [0.4, 0.5) is 0 Å². The Morgan fingerprint density at radius 3 is 2.60 bits per heavy atom. The van der Waals surface area contributed by atoms with Crippen LogP contribution in [-0.4, -0.2) is 13.2 Å². The van der Waals surface area contributed by atoms with Gasteiger partial charge in [0.05, 0.1) is 6.61 Å². The average molecular weight is 207 g/mol. The van der Waals surface area contributed by atoms with Crippen molar-refractivity contribution in [2.45, 2.75) is 33.1 Å². The molecule has 2 heteroatoms. The molecule has 0 radical (unpaired) electrons. The van der Waals surface area contributed by atoms with Crippen molar-refractivity contribution in [3.8, 4) is 5.75 Å². The van der Waals surface area contributed by atoms with Gasteiger partial charge in [-0.15, -0.1) is 0 Å². The molecule has 0 amide bonds. The molecule has 1 aromatic carbocycles. The van der Waals surface area contributed by atoms with Crippen LogP contribution in [0.5, 0.6) is 5.75 Å². The normalized spacial score (nSPS) is 10.7. The van der Waals surface area contributed by atoms with E-state index in [1.54, 1.807) is 0 Å². The van der Waals surface area contributed by atoms with Gasteiger partial charge in [0.15, 0.2) is 0 Å². The van der Waals surface area contributed by atoms with Crippen molar-refractivity contribution in [3.63, 3.8) is 0 Å². The number of hydrogen-bond donors (Lipinski definition) is 1. The SMILES string of the molecule is Cc1cc(OCCCN)ccc1C(C)C. The summed E-state index contributed by atoms with van der Waals surface area (Å²) in [5.74, 6) is 1.52. The first kappa shape index (κ1) is 12.1. The molecular weight excluding hydrogens is 186 g/mol. The van der Waals surface area contributed by atoms with Crippen LogP contribution in [0.1, 0.15) is 37.3 Å². The van der Waals surface area contributed by atoms with E-state index in [4.69, 9.17) is 10.5 Å². The predicted molar refractivity (Wildman–Crippen MR) is 64.4 cm³/mol. The van der Waals surface area contributed by atoms with Crippen molar-refractivity contribution in [3.05, 3.63) is 29.3 Å². The molecule has 0 aliphatic rings. The molecule has 0 aromatic heterocycles. The van der Waals surface area contributed by atoms with Crippen molar-refractivity contribution >= 4 is 0 Å². The highest BCUT2D eigenvalue weighted by Crippen LogP contribution is 2.23. The van der Waals surface area contributed by atoms with Crippen molar-refractivity contribution in [1.82, 2.24) is 0 Å². The van der Waals surface area contributed by atoms with E-state index in [0.29, 0.717) is 19.1 Å².